The van der Waals surface area contributed by atoms with Gasteiger partial charge in [0.25, 0.3) is 0 Å². The summed E-state index contributed by atoms with van der Waals surface area (Å²) in [6, 6.07) is 20.4. The number of H-pyrrole nitrogens is 1. The number of aliphatic hydroxyl groups excluding tert-OH is 1. The maximum Gasteiger partial charge on any atom is 0.134 e. The number of imidazole rings is 1. The van der Waals surface area contributed by atoms with Gasteiger partial charge in [0.2, 0.25) is 0 Å². The molecule has 146 valence electrons. The highest BCUT2D eigenvalue weighted by Gasteiger charge is 2.26. The van der Waals surface area contributed by atoms with Crippen molar-refractivity contribution in [3.8, 4) is 11.3 Å². The Morgan fingerprint density at radius 3 is 2.76 bits per heavy atom. The van der Waals surface area contributed by atoms with Gasteiger partial charge in [-0.2, -0.15) is 0 Å². The molecular weight excluding hydrogens is 360 g/mol. The third kappa shape index (κ3) is 3.49. The minimum atomic E-state index is -0.00670. The lowest BCUT2D eigenvalue weighted by molar-refractivity contribution is 0.281. The van der Waals surface area contributed by atoms with Crippen LogP contribution in [0.1, 0.15) is 30.1 Å². The number of nitrogens with one attached hydrogen (secondary N) is 1. The number of rotatable bonds is 4. The van der Waals surface area contributed by atoms with Crippen molar-refractivity contribution in [2.24, 2.45) is 0 Å². The molecule has 5 heteroatoms. The van der Waals surface area contributed by atoms with Crippen LogP contribution in [0.2, 0.25) is 0 Å². The van der Waals surface area contributed by atoms with Crippen LogP contribution in [0, 0.1) is 0 Å². The minimum absolute atomic E-state index is 0.00670. The molecule has 3 heterocycles. The van der Waals surface area contributed by atoms with Crippen LogP contribution in [0.15, 0.2) is 66.9 Å². The highest BCUT2D eigenvalue weighted by molar-refractivity contribution is 5.81. The first kappa shape index (κ1) is 17.9. The number of anilines is 1. The van der Waals surface area contributed by atoms with E-state index in [9.17, 15) is 5.11 Å². The van der Waals surface area contributed by atoms with E-state index < -0.39 is 0 Å². The van der Waals surface area contributed by atoms with Gasteiger partial charge in [-0.25, -0.2) is 9.97 Å². The zero-order valence-electron chi connectivity index (χ0n) is 16.3. The smallest absolute Gasteiger partial charge is 0.134 e. The summed E-state index contributed by atoms with van der Waals surface area (Å²) in [7, 11) is 0. The van der Waals surface area contributed by atoms with Crippen molar-refractivity contribution < 1.29 is 5.11 Å². The Hall–Kier alpha value is -3.18. The van der Waals surface area contributed by atoms with Gasteiger partial charge in [-0.15, -0.1) is 0 Å². The van der Waals surface area contributed by atoms with E-state index in [0.717, 1.165) is 65.3 Å². The molecule has 5 nitrogen and oxygen atoms in total. The van der Waals surface area contributed by atoms with E-state index in [0.29, 0.717) is 5.92 Å². The average Bonchev–Trinajstić information content (AvgIpc) is 3.29. The normalized spacial score (nSPS) is 17.0. The van der Waals surface area contributed by atoms with Crippen LogP contribution in [-0.4, -0.2) is 33.1 Å². The lowest BCUT2D eigenvalue weighted by Crippen LogP contribution is -2.36. The topological polar surface area (TPSA) is 65.0 Å². The van der Waals surface area contributed by atoms with Crippen LogP contribution in [0.3, 0.4) is 0 Å². The molecule has 4 aromatic rings. The highest BCUT2D eigenvalue weighted by Crippen LogP contribution is 2.32. The molecule has 1 aliphatic heterocycles. The Balaban J connectivity index is 1.43. The van der Waals surface area contributed by atoms with Gasteiger partial charge in [0.05, 0.1) is 24.0 Å². The van der Waals surface area contributed by atoms with E-state index in [4.69, 9.17) is 4.98 Å². The Kier molecular flexibility index (Phi) is 4.74. The summed E-state index contributed by atoms with van der Waals surface area (Å²) < 4.78 is 0. The number of benzene rings is 2. The molecule has 29 heavy (non-hydrogen) atoms. The van der Waals surface area contributed by atoms with Crippen LogP contribution in [0.4, 0.5) is 5.82 Å². The SMILES string of the molecule is OCc1cc2ccccc2nc1N1CCCC(c2ncc(-c3ccccc3)[nH]2)C1. The number of piperidine rings is 1. The number of aromatic nitrogens is 3. The number of hydrogen-bond acceptors (Lipinski definition) is 4. The molecule has 2 aromatic heterocycles. The number of aliphatic hydroxyl groups is 1. The summed E-state index contributed by atoms with van der Waals surface area (Å²) in [5.74, 6) is 2.24. The van der Waals surface area contributed by atoms with Gasteiger partial charge in [0.1, 0.15) is 11.6 Å². The molecule has 2 aromatic carbocycles. The number of pyridine rings is 1. The molecule has 1 atom stereocenters. The van der Waals surface area contributed by atoms with Gasteiger partial charge in [-0.05, 0) is 30.5 Å². The second kappa shape index (κ2) is 7.68. The molecule has 5 rings (SSSR count). The van der Waals surface area contributed by atoms with E-state index >= 15 is 0 Å². The zero-order valence-corrected chi connectivity index (χ0v) is 16.3. The largest absolute Gasteiger partial charge is 0.392 e. The molecule has 2 N–H and O–H groups in total. The molecule has 1 aliphatic rings. The third-order valence-electron chi connectivity index (χ3n) is 5.74. The molecule has 0 saturated carbocycles. The Labute approximate surface area is 170 Å². The second-order valence-electron chi connectivity index (χ2n) is 7.66. The second-order valence-corrected chi connectivity index (χ2v) is 7.66. The summed E-state index contributed by atoms with van der Waals surface area (Å²) in [5.41, 5.74) is 4.05. The first-order valence-electron chi connectivity index (χ1n) is 10.2. The number of fused-ring (bicyclic) bond motifs is 1. The summed E-state index contributed by atoms with van der Waals surface area (Å²) in [6.07, 6.45) is 4.10. The van der Waals surface area contributed by atoms with Crippen molar-refractivity contribution in [2.75, 3.05) is 18.0 Å². The van der Waals surface area contributed by atoms with Crippen molar-refractivity contribution in [1.82, 2.24) is 15.0 Å². The monoisotopic (exact) mass is 384 g/mol. The maximum atomic E-state index is 9.94. The molecule has 0 aliphatic carbocycles. The molecule has 0 radical (unpaired) electrons. The van der Waals surface area contributed by atoms with Crippen LogP contribution in [-0.2, 0) is 6.61 Å². The molecule has 1 fully saturated rings. The van der Waals surface area contributed by atoms with E-state index in [-0.39, 0.29) is 6.61 Å². The highest BCUT2D eigenvalue weighted by atomic mass is 16.3. The van der Waals surface area contributed by atoms with Crippen LogP contribution >= 0.6 is 0 Å². The van der Waals surface area contributed by atoms with Crippen molar-refractivity contribution in [3.05, 3.63) is 78.2 Å². The first-order valence-corrected chi connectivity index (χ1v) is 10.2. The number of aromatic amines is 1. The molecule has 1 saturated heterocycles. The zero-order chi connectivity index (χ0) is 19.6. The van der Waals surface area contributed by atoms with E-state index in [1.807, 2.05) is 48.7 Å². The fraction of sp³-hybridized carbons (Fsp3) is 0.250. The minimum Gasteiger partial charge on any atom is -0.392 e. The van der Waals surface area contributed by atoms with Gasteiger partial charge in [0, 0.05) is 30.0 Å². The summed E-state index contributed by atoms with van der Waals surface area (Å²) in [4.78, 5) is 15.4. The van der Waals surface area contributed by atoms with E-state index in [2.05, 4.69) is 33.1 Å². The number of para-hydroxylation sites is 1. The predicted octanol–water partition coefficient (Wildman–Crippen LogP) is 4.50. The molecule has 0 amide bonds. The Morgan fingerprint density at radius 1 is 1.07 bits per heavy atom. The number of hydrogen-bond donors (Lipinski definition) is 2. The van der Waals surface area contributed by atoms with Crippen LogP contribution in [0.5, 0.6) is 0 Å². The first-order chi connectivity index (χ1) is 14.3. The lowest BCUT2D eigenvalue weighted by Gasteiger charge is -2.34. The summed E-state index contributed by atoms with van der Waals surface area (Å²) in [6.45, 7) is 1.79. The predicted molar refractivity (Wildman–Crippen MR) is 116 cm³/mol. The molecular formula is C24H24N4O. The van der Waals surface area contributed by atoms with Crippen molar-refractivity contribution >= 4 is 16.7 Å². The van der Waals surface area contributed by atoms with Crippen molar-refractivity contribution in [1.29, 1.82) is 0 Å². The van der Waals surface area contributed by atoms with Crippen LogP contribution in [0.25, 0.3) is 22.2 Å². The van der Waals surface area contributed by atoms with E-state index in [1.165, 1.54) is 0 Å². The standard InChI is InChI=1S/C24H24N4O/c29-16-20-13-18-9-4-5-11-21(18)27-24(20)28-12-6-10-19(15-28)23-25-14-22(26-23)17-7-2-1-3-8-17/h1-5,7-9,11,13-14,19,29H,6,10,12,15-16H2,(H,25,26). The van der Waals surface area contributed by atoms with Gasteiger partial charge >= 0.3 is 0 Å². The third-order valence-corrected chi connectivity index (χ3v) is 5.74. The van der Waals surface area contributed by atoms with Crippen molar-refractivity contribution in [3.63, 3.8) is 0 Å². The molecule has 0 spiro atoms. The Bertz CT molecular complexity index is 1120. The quantitative estimate of drug-likeness (QED) is 0.544. The van der Waals surface area contributed by atoms with Crippen LogP contribution < -0.4 is 4.90 Å². The summed E-state index contributed by atoms with van der Waals surface area (Å²) >= 11 is 0. The van der Waals surface area contributed by atoms with Crippen molar-refractivity contribution in [2.45, 2.75) is 25.4 Å². The fourth-order valence-corrected chi connectivity index (χ4v) is 4.24. The molecule has 1 unspecified atom stereocenters. The number of nitrogens with zero attached hydrogens (tertiary/aromatic N) is 3. The lowest BCUT2D eigenvalue weighted by atomic mass is 9.97. The van der Waals surface area contributed by atoms with Gasteiger partial charge in [0.15, 0.2) is 0 Å². The summed E-state index contributed by atoms with van der Waals surface area (Å²) in [5, 5.41) is 11.0. The Morgan fingerprint density at radius 2 is 1.90 bits per heavy atom. The molecule has 0 bridgehead atoms. The van der Waals surface area contributed by atoms with Gasteiger partial charge in [-0.3, -0.25) is 0 Å². The van der Waals surface area contributed by atoms with Gasteiger partial charge in [-0.1, -0.05) is 48.5 Å². The maximum absolute atomic E-state index is 9.94. The average molecular weight is 384 g/mol. The van der Waals surface area contributed by atoms with Gasteiger partial charge < -0.3 is 15.0 Å². The fourth-order valence-electron chi connectivity index (χ4n) is 4.24. The van der Waals surface area contributed by atoms with E-state index in [1.54, 1.807) is 0 Å².